The van der Waals surface area contributed by atoms with Gasteiger partial charge in [0.25, 0.3) is 0 Å². The molecule has 3 heteroatoms. The summed E-state index contributed by atoms with van der Waals surface area (Å²) in [5.74, 6) is 0.953. The van der Waals surface area contributed by atoms with Gasteiger partial charge in [0.05, 0.1) is 5.70 Å². The molecule has 2 rings (SSSR count). The lowest BCUT2D eigenvalue weighted by Gasteiger charge is -2.12. The molecule has 0 aliphatic rings. The van der Waals surface area contributed by atoms with E-state index in [-0.39, 0.29) is 0 Å². The van der Waals surface area contributed by atoms with Crippen LogP contribution in [-0.4, -0.2) is 10.4 Å². The Balaban J connectivity index is 0.00000233. The van der Waals surface area contributed by atoms with Crippen molar-refractivity contribution < 1.29 is 0 Å². The Hall–Kier alpha value is -2.84. The van der Waals surface area contributed by atoms with Crippen LogP contribution in [0.15, 0.2) is 95.3 Å². The maximum absolute atomic E-state index is 6.25. The van der Waals surface area contributed by atoms with Gasteiger partial charge in [-0.2, -0.15) is 0 Å². The quantitative estimate of drug-likeness (QED) is 0.224. The van der Waals surface area contributed by atoms with Gasteiger partial charge in [-0.05, 0) is 48.3 Å². The Kier molecular flexibility index (Phi) is 12.0. The number of halogens is 1. The number of allylic oxidation sites excluding steroid dienone is 4. The number of hydrogen-bond acceptors (Lipinski definition) is 1. The molecule has 2 aromatic rings. The van der Waals surface area contributed by atoms with E-state index in [1.54, 1.807) is 6.08 Å². The minimum absolute atomic E-state index is 0.783. The van der Waals surface area contributed by atoms with Gasteiger partial charge < -0.3 is 4.57 Å². The zero-order valence-electron chi connectivity index (χ0n) is 19.5. The van der Waals surface area contributed by atoms with Gasteiger partial charge >= 0.3 is 0 Å². The number of rotatable bonds is 8. The van der Waals surface area contributed by atoms with E-state index in [4.69, 9.17) is 16.6 Å². The van der Waals surface area contributed by atoms with Gasteiger partial charge in [0.2, 0.25) is 0 Å². The normalized spacial score (nSPS) is 12.8. The highest BCUT2D eigenvalue weighted by Crippen LogP contribution is 2.22. The summed E-state index contributed by atoms with van der Waals surface area (Å²) in [5, 5.41) is 0.841. The summed E-state index contributed by atoms with van der Waals surface area (Å²) in [4.78, 5) is 5.02. The summed E-state index contributed by atoms with van der Waals surface area (Å²) >= 11 is 6.25. The maximum Gasteiger partial charge on any atom is 0.113 e. The monoisotopic (exact) mass is 434 g/mol. The molecule has 0 atom stereocenters. The first-order valence-electron chi connectivity index (χ1n) is 10.9. The van der Waals surface area contributed by atoms with Crippen LogP contribution in [-0.2, 0) is 0 Å². The van der Waals surface area contributed by atoms with E-state index in [0.717, 1.165) is 51.8 Å². The molecule has 1 aromatic heterocycles. The summed E-state index contributed by atoms with van der Waals surface area (Å²) in [7, 11) is 0. The van der Waals surface area contributed by atoms with Crippen molar-refractivity contribution in [2.24, 2.45) is 4.99 Å². The minimum Gasteiger partial charge on any atom is -0.309 e. The lowest BCUT2D eigenvalue weighted by molar-refractivity contribution is 1.01. The van der Waals surface area contributed by atoms with Crippen molar-refractivity contribution in [2.75, 3.05) is 0 Å². The molecule has 31 heavy (non-hydrogen) atoms. The molecular formula is C28H35ClN2. The molecule has 0 saturated heterocycles. The first-order valence-corrected chi connectivity index (χ1v) is 11.3. The third kappa shape index (κ3) is 7.73. The molecule has 0 aliphatic heterocycles. The SMILES string of the molecule is C=C/C=C(C=C)/C(=C/c1ccccc1)N=C(CC)n1ccc(/C=C(/Cl)CC)c1C.CC. The Labute approximate surface area is 193 Å². The van der Waals surface area contributed by atoms with Crippen LogP contribution in [0.25, 0.3) is 12.2 Å². The average molecular weight is 435 g/mol. The molecule has 0 amide bonds. The van der Waals surface area contributed by atoms with E-state index >= 15 is 0 Å². The third-order valence-corrected chi connectivity index (χ3v) is 4.97. The third-order valence-electron chi connectivity index (χ3n) is 4.59. The number of aromatic nitrogens is 1. The summed E-state index contributed by atoms with van der Waals surface area (Å²) in [5.41, 5.74) is 5.08. The van der Waals surface area contributed by atoms with Crippen LogP contribution in [0.2, 0.25) is 0 Å². The van der Waals surface area contributed by atoms with Crippen LogP contribution in [0.4, 0.5) is 0 Å². The molecule has 164 valence electrons. The number of nitrogens with zero attached hydrogens (tertiary/aromatic N) is 2. The van der Waals surface area contributed by atoms with Gasteiger partial charge in [-0.25, -0.2) is 4.99 Å². The smallest absolute Gasteiger partial charge is 0.113 e. The molecule has 1 aromatic carbocycles. The van der Waals surface area contributed by atoms with E-state index in [1.165, 1.54) is 0 Å². The van der Waals surface area contributed by atoms with Gasteiger partial charge in [0.1, 0.15) is 5.84 Å². The molecule has 2 nitrogen and oxygen atoms in total. The van der Waals surface area contributed by atoms with Crippen LogP contribution in [0, 0.1) is 6.92 Å². The van der Waals surface area contributed by atoms with E-state index in [1.807, 2.05) is 63.4 Å². The van der Waals surface area contributed by atoms with E-state index in [2.05, 4.69) is 55.8 Å². The van der Waals surface area contributed by atoms with Crippen molar-refractivity contribution in [3.8, 4) is 0 Å². The van der Waals surface area contributed by atoms with Gasteiger partial charge in [-0.1, -0.05) is 101 Å². The molecule has 0 radical (unpaired) electrons. The summed E-state index contributed by atoms with van der Waals surface area (Å²) in [6.45, 7) is 18.0. The highest BCUT2D eigenvalue weighted by atomic mass is 35.5. The Morgan fingerprint density at radius 2 is 1.71 bits per heavy atom. The average Bonchev–Trinajstić information content (AvgIpc) is 3.16. The molecule has 0 saturated carbocycles. The molecule has 0 bridgehead atoms. The summed E-state index contributed by atoms with van der Waals surface area (Å²) in [6.07, 6.45) is 13.2. The predicted octanol–water partition coefficient (Wildman–Crippen LogP) is 8.81. The Bertz CT molecular complexity index is 970. The van der Waals surface area contributed by atoms with Gasteiger partial charge in [0, 0.05) is 23.3 Å². The van der Waals surface area contributed by atoms with Crippen molar-refractivity contribution in [2.45, 2.75) is 47.5 Å². The number of aliphatic imine (C=N–C) groups is 1. The largest absolute Gasteiger partial charge is 0.309 e. The second kappa shape index (κ2) is 14.2. The van der Waals surface area contributed by atoms with Crippen molar-refractivity contribution in [1.29, 1.82) is 0 Å². The Morgan fingerprint density at radius 1 is 1.03 bits per heavy atom. The minimum atomic E-state index is 0.783. The van der Waals surface area contributed by atoms with Crippen molar-refractivity contribution in [1.82, 2.24) is 4.57 Å². The van der Waals surface area contributed by atoms with Gasteiger partial charge in [0.15, 0.2) is 0 Å². The van der Waals surface area contributed by atoms with Gasteiger partial charge in [-0.3, -0.25) is 0 Å². The maximum atomic E-state index is 6.25. The van der Waals surface area contributed by atoms with E-state index in [0.29, 0.717) is 0 Å². The molecule has 0 N–H and O–H groups in total. The van der Waals surface area contributed by atoms with E-state index in [9.17, 15) is 0 Å². The van der Waals surface area contributed by atoms with E-state index < -0.39 is 0 Å². The lowest BCUT2D eigenvalue weighted by atomic mass is 10.1. The molecule has 1 heterocycles. The predicted molar refractivity (Wildman–Crippen MR) is 141 cm³/mol. The fraction of sp³-hybridized carbons (Fsp3) is 0.250. The number of hydrogen-bond donors (Lipinski definition) is 0. The van der Waals surface area contributed by atoms with Crippen LogP contribution in [0.1, 0.15) is 57.4 Å². The van der Waals surface area contributed by atoms with Crippen LogP contribution in [0.5, 0.6) is 0 Å². The molecule has 0 aliphatic carbocycles. The second-order valence-corrected chi connectivity index (χ2v) is 7.04. The topological polar surface area (TPSA) is 17.3 Å². The standard InChI is InChI=1S/C26H29ClN2.C2H6/c1-6-13-22(7-2)25(18-21-14-11-10-12-15-21)28-26(9-4)29-17-16-23(20(29)5)19-24(27)8-3;1-2/h6-7,10-19H,1-2,8-9H2,3-5H3;1-2H3/b22-13+,24-19+,25-18-,28-26?;. The lowest BCUT2D eigenvalue weighted by Crippen LogP contribution is -2.12. The Morgan fingerprint density at radius 3 is 2.26 bits per heavy atom. The molecule has 0 fully saturated rings. The van der Waals surface area contributed by atoms with Crippen LogP contribution in [0.3, 0.4) is 0 Å². The highest BCUT2D eigenvalue weighted by molar-refractivity contribution is 6.31. The van der Waals surface area contributed by atoms with Crippen molar-refractivity contribution >= 4 is 29.6 Å². The molecular weight excluding hydrogens is 400 g/mol. The highest BCUT2D eigenvalue weighted by Gasteiger charge is 2.10. The zero-order chi connectivity index (χ0) is 23.2. The summed E-state index contributed by atoms with van der Waals surface area (Å²) in [6, 6.07) is 12.2. The van der Waals surface area contributed by atoms with Crippen LogP contribution >= 0.6 is 11.6 Å². The molecule has 0 unspecified atom stereocenters. The van der Waals surface area contributed by atoms with Crippen LogP contribution < -0.4 is 0 Å². The van der Waals surface area contributed by atoms with Gasteiger partial charge in [-0.15, -0.1) is 0 Å². The first-order chi connectivity index (χ1) is 15.0. The fourth-order valence-corrected chi connectivity index (χ4v) is 3.06. The second-order valence-electron chi connectivity index (χ2n) is 6.55. The first kappa shape index (κ1) is 26.2. The van der Waals surface area contributed by atoms with Crippen molar-refractivity contribution in [3.63, 3.8) is 0 Å². The molecule has 0 spiro atoms. The fourth-order valence-electron chi connectivity index (χ4n) is 2.94. The number of benzene rings is 1. The van der Waals surface area contributed by atoms with Crippen molar-refractivity contribution in [3.05, 3.63) is 107 Å². The summed E-state index contributed by atoms with van der Waals surface area (Å²) < 4.78 is 2.12. The zero-order valence-corrected chi connectivity index (χ0v) is 20.3.